The first-order valence-electron chi connectivity index (χ1n) is 9.23. The van der Waals surface area contributed by atoms with E-state index in [1.165, 1.54) is 27.8 Å². The van der Waals surface area contributed by atoms with Crippen molar-refractivity contribution in [2.45, 2.75) is 30.4 Å². The highest BCUT2D eigenvalue weighted by atomic mass is 32.2. The molecule has 1 saturated heterocycles. The molecular weight excluding hydrogens is 372 g/mol. The standard InChI is InChI=1S/C21H22N4O2S/c1-14-8-10-16(11-9-14)28-21-22-18-17(19(26)23-20(27)24(18)2)25(21)13-12-15-6-4-3-5-7-15/h3-11,17-18H,12-13H2,1-2H3,(H,23,26,27). The van der Waals surface area contributed by atoms with Gasteiger partial charge >= 0.3 is 6.03 Å². The van der Waals surface area contributed by atoms with Gasteiger partial charge in [0.2, 0.25) is 0 Å². The molecule has 2 aromatic rings. The first-order valence-corrected chi connectivity index (χ1v) is 10.0. The number of hydrogen-bond donors (Lipinski definition) is 1. The lowest BCUT2D eigenvalue weighted by molar-refractivity contribution is -0.127. The van der Waals surface area contributed by atoms with E-state index in [4.69, 9.17) is 4.99 Å². The fraction of sp³-hybridized carbons (Fsp3) is 0.286. The minimum Gasteiger partial charge on any atom is -0.335 e. The molecule has 2 atom stereocenters. The van der Waals surface area contributed by atoms with Crippen molar-refractivity contribution in [1.29, 1.82) is 0 Å². The molecule has 2 aliphatic heterocycles. The van der Waals surface area contributed by atoms with Gasteiger partial charge in [-0.25, -0.2) is 9.79 Å². The van der Waals surface area contributed by atoms with Crippen LogP contribution in [-0.2, 0) is 11.2 Å². The van der Waals surface area contributed by atoms with Crippen molar-refractivity contribution in [2.75, 3.05) is 13.6 Å². The van der Waals surface area contributed by atoms with Crippen molar-refractivity contribution in [1.82, 2.24) is 15.1 Å². The molecule has 7 heteroatoms. The smallest absolute Gasteiger partial charge is 0.325 e. The third-order valence-electron chi connectivity index (χ3n) is 5.04. The zero-order valence-corrected chi connectivity index (χ0v) is 16.6. The van der Waals surface area contributed by atoms with Crippen molar-refractivity contribution in [3.8, 4) is 0 Å². The van der Waals surface area contributed by atoms with Crippen LogP contribution in [0.1, 0.15) is 11.1 Å². The second kappa shape index (κ2) is 7.67. The number of nitrogens with zero attached hydrogens (tertiary/aromatic N) is 3. The molecule has 2 unspecified atom stereocenters. The van der Waals surface area contributed by atoms with Crippen molar-refractivity contribution in [3.05, 3.63) is 65.7 Å². The lowest BCUT2D eigenvalue weighted by atomic mass is 10.1. The average Bonchev–Trinajstić information content (AvgIpc) is 3.06. The number of hydrogen-bond acceptors (Lipinski definition) is 5. The number of aryl methyl sites for hydroxylation is 1. The van der Waals surface area contributed by atoms with Gasteiger partial charge in [-0.2, -0.15) is 0 Å². The predicted molar refractivity (Wildman–Crippen MR) is 110 cm³/mol. The number of benzene rings is 2. The van der Waals surface area contributed by atoms with Gasteiger partial charge in [-0.3, -0.25) is 10.1 Å². The van der Waals surface area contributed by atoms with Crippen LogP contribution in [-0.4, -0.2) is 52.7 Å². The van der Waals surface area contributed by atoms with Crippen LogP contribution in [0.4, 0.5) is 4.79 Å². The predicted octanol–water partition coefficient (Wildman–Crippen LogP) is 2.88. The molecule has 3 amide bonds. The van der Waals surface area contributed by atoms with Gasteiger partial charge in [-0.05, 0) is 31.0 Å². The number of aliphatic imine (C=N–C) groups is 1. The van der Waals surface area contributed by atoms with E-state index in [2.05, 4.69) is 41.7 Å². The number of rotatable bonds is 4. The fourth-order valence-corrected chi connectivity index (χ4v) is 4.39. The summed E-state index contributed by atoms with van der Waals surface area (Å²) in [6.07, 6.45) is 0.299. The summed E-state index contributed by atoms with van der Waals surface area (Å²) in [6, 6.07) is 17.5. The molecule has 0 aromatic heterocycles. The van der Waals surface area contributed by atoms with E-state index in [1.807, 2.05) is 30.0 Å². The Kier molecular flexibility index (Phi) is 5.09. The molecule has 2 heterocycles. The Morgan fingerprint density at radius 2 is 1.79 bits per heavy atom. The Bertz CT molecular complexity index is 914. The maximum atomic E-state index is 12.6. The maximum absolute atomic E-state index is 12.6. The van der Waals surface area contributed by atoms with Crippen molar-refractivity contribution in [2.24, 2.45) is 4.99 Å². The number of thioether (sulfide) groups is 1. The number of urea groups is 1. The molecule has 4 rings (SSSR count). The Morgan fingerprint density at radius 1 is 1.07 bits per heavy atom. The molecule has 1 fully saturated rings. The highest BCUT2D eigenvalue weighted by Crippen LogP contribution is 2.32. The van der Waals surface area contributed by atoms with E-state index in [1.54, 1.807) is 7.05 Å². The van der Waals surface area contributed by atoms with Crippen molar-refractivity contribution in [3.63, 3.8) is 0 Å². The Balaban J connectivity index is 1.60. The van der Waals surface area contributed by atoms with Crippen LogP contribution < -0.4 is 5.32 Å². The monoisotopic (exact) mass is 394 g/mol. The number of amides is 3. The molecule has 28 heavy (non-hydrogen) atoms. The molecule has 0 radical (unpaired) electrons. The molecule has 2 aromatic carbocycles. The van der Waals surface area contributed by atoms with E-state index < -0.39 is 18.2 Å². The third-order valence-corrected chi connectivity index (χ3v) is 6.07. The topological polar surface area (TPSA) is 65.0 Å². The first kappa shape index (κ1) is 18.6. The number of carbonyl (C=O) groups excluding carboxylic acids is 2. The molecular formula is C21H22N4O2S. The lowest BCUT2D eigenvalue weighted by Gasteiger charge is -2.36. The highest BCUT2D eigenvalue weighted by Gasteiger charge is 2.48. The summed E-state index contributed by atoms with van der Waals surface area (Å²) >= 11 is 1.53. The first-order chi connectivity index (χ1) is 13.5. The van der Waals surface area contributed by atoms with E-state index in [-0.39, 0.29) is 5.91 Å². The van der Waals surface area contributed by atoms with Gasteiger partial charge in [-0.15, -0.1) is 0 Å². The summed E-state index contributed by atoms with van der Waals surface area (Å²) in [5, 5.41) is 3.21. The van der Waals surface area contributed by atoms with Gasteiger partial charge in [0.1, 0.15) is 0 Å². The fourth-order valence-electron chi connectivity index (χ4n) is 3.43. The normalized spacial score (nSPS) is 21.4. The minimum absolute atomic E-state index is 0.288. The van der Waals surface area contributed by atoms with Crippen LogP contribution >= 0.6 is 11.8 Å². The number of carbonyl (C=O) groups is 2. The number of imide groups is 1. The van der Waals surface area contributed by atoms with Gasteiger partial charge in [0, 0.05) is 18.5 Å². The van der Waals surface area contributed by atoms with Crippen molar-refractivity contribution < 1.29 is 9.59 Å². The van der Waals surface area contributed by atoms with E-state index in [9.17, 15) is 9.59 Å². The SMILES string of the molecule is Cc1ccc(SC2=NC3C(C(=O)NC(=O)N3C)N2CCc2ccccc2)cc1. The van der Waals surface area contributed by atoms with Gasteiger partial charge in [0.05, 0.1) is 0 Å². The quantitative estimate of drug-likeness (QED) is 0.866. The Morgan fingerprint density at radius 3 is 2.50 bits per heavy atom. The summed E-state index contributed by atoms with van der Waals surface area (Å²) in [4.78, 5) is 34.0. The minimum atomic E-state index is -0.501. The second-order valence-electron chi connectivity index (χ2n) is 7.02. The number of fused-ring (bicyclic) bond motifs is 1. The summed E-state index contributed by atoms with van der Waals surface area (Å²) in [5.41, 5.74) is 2.39. The number of nitrogens with one attached hydrogen (secondary N) is 1. The highest BCUT2D eigenvalue weighted by molar-refractivity contribution is 8.13. The van der Waals surface area contributed by atoms with Crippen molar-refractivity contribution >= 4 is 28.9 Å². The Labute approximate surface area is 168 Å². The third kappa shape index (κ3) is 3.62. The largest absolute Gasteiger partial charge is 0.335 e. The summed E-state index contributed by atoms with van der Waals surface area (Å²) in [5.74, 6) is -0.288. The summed E-state index contributed by atoms with van der Waals surface area (Å²) in [6.45, 7) is 2.70. The maximum Gasteiger partial charge on any atom is 0.325 e. The molecule has 0 aliphatic carbocycles. The van der Waals surface area contributed by atoms with Gasteiger partial charge in [0.25, 0.3) is 5.91 Å². The van der Waals surface area contributed by atoms with E-state index in [0.717, 1.165) is 16.5 Å². The average molecular weight is 395 g/mol. The van der Waals surface area contributed by atoms with Gasteiger partial charge in [0.15, 0.2) is 17.4 Å². The second-order valence-corrected chi connectivity index (χ2v) is 8.06. The van der Waals surface area contributed by atoms with Crippen LogP contribution in [0.25, 0.3) is 0 Å². The van der Waals surface area contributed by atoms with Crippen LogP contribution in [0.15, 0.2) is 64.5 Å². The molecule has 6 nitrogen and oxygen atoms in total. The van der Waals surface area contributed by atoms with Crippen LogP contribution in [0.2, 0.25) is 0 Å². The Hall–Kier alpha value is -2.80. The zero-order chi connectivity index (χ0) is 19.7. The molecule has 0 saturated carbocycles. The summed E-state index contributed by atoms with van der Waals surface area (Å²) < 4.78 is 0. The van der Waals surface area contributed by atoms with Crippen LogP contribution in [0.5, 0.6) is 0 Å². The van der Waals surface area contributed by atoms with E-state index in [0.29, 0.717) is 6.54 Å². The number of likely N-dealkylation sites (N-methyl/N-ethyl adjacent to an activating group) is 1. The summed E-state index contributed by atoms with van der Waals surface area (Å²) in [7, 11) is 1.68. The molecule has 2 aliphatic rings. The molecule has 0 spiro atoms. The lowest BCUT2D eigenvalue weighted by Crippen LogP contribution is -2.63. The molecule has 0 bridgehead atoms. The zero-order valence-electron chi connectivity index (χ0n) is 15.8. The molecule has 1 N–H and O–H groups in total. The van der Waals surface area contributed by atoms with Crippen LogP contribution in [0.3, 0.4) is 0 Å². The van der Waals surface area contributed by atoms with Gasteiger partial charge < -0.3 is 9.80 Å². The number of amidine groups is 1. The molecule has 144 valence electrons. The van der Waals surface area contributed by atoms with Gasteiger partial charge in [-0.1, -0.05) is 59.8 Å². The van der Waals surface area contributed by atoms with E-state index >= 15 is 0 Å². The van der Waals surface area contributed by atoms with Crippen LogP contribution in [0, 0.1) is 6.92 Å².